The molecule has 1 aliphatic carbocycles. The Morgan fingerprint density at radius 1 is 1.15 bits per heavy atom. The third-order valence-electron chi connectivity index (χ3n) is 5.90. The number of hydrogen-bond donors (Lipinski definition) is 1. The Morgan fingerprint density at radius 2 is 1.81 bits per heavy atom. The number of rotatable bonds is 4. The third kappa shape index (κ3) is 4.46. The van der Waals surface area contributed by atoms with Crippen LogP contribution in [0.2, 0.25) is 0 Å². The van der Waals surface area contributed by atoms with Gasteiger partial charge in [-0.1, -0.05) is 0 Å². The highest BCUT2D eigenvalue weighted by Gasteiger charge is 2.33. The zero-order chi connectivity index (χ0) is 19.6. The Morgan fingerprint density at radius 3 is 2.48 bits per heavy atom. The van der Waals surface area contributed by atoms with Gasteiger partial charge < -0.3 is 15.4 Å². The molecule has 1 unspecified atom stereocenters. The molecule has 150 valence electrons. The second-order valence-corrected chi connectivity index (χ2v) is 7.65. The van der Waals surface area contributed by atoms with Gasteiger partial charge >= 0.3 is 0 Å². The van der Waals surface area contributed by atoms with E-state index in [1.807, 2.05) is 0 Å². The fourth-order valence-electron chi connectivity index (χ4n) is 4.36. The molecule has 2 fully saturated rings. The Labute approximate surface area is 157 Å². The number of carbonyl (C=O) groups excluding carboxylic acids is 1. The minimum absolute atomic E-state index is 0.000451. The number of amides is 1. The second kappa shape index (κ2) is 8.61. The van der Waals surface area contributed by atoms with Crippen molar-refractivity contribution in [3.05, 3.63) is 35.1 Å². The highest BCUT2D eigenvalue weighted by molar-refractivity contribution is 5.73. The van der Waals surface area contributed by atoms with Gasteiger partial charge in [0.1, 0.15) is 5.82 Å². The van der Waals surface area contributed by atoms with Gasteiger partial charge in [-0.3, -0.25) is 4.79 Å². The smallest absolute Gasteiger partial charge is 0.219 e. The first-order valence-corrected chi connectivity index (χ1v) is 9.66. The van der Waals surface area contributed by atoms with E-state index in [1.165, 1.54) is 0 Å². The highest BCUT2D eigenvalue weighted by Crippen LogP contribution is 2.37. The average molecular weight is 384 g/mol. The van der Waals surface area contributed by atoms with Crippen LogP contribution in [0.5, 0.6) is 0 Å². The van der Waals surface area contributed by atoms with Crippen LogP contribution >= 0.6 is 0 Å². The molecule has 0 radical (unpaired) electrons. The molecule has 4 nitrogen and oxygen atoms in total. The fourth-order valence-corrected chi connectivity index (χ4v) is 4.36. The van der Waals surface area contributed by atoms with Crippen LogP contribution in [0.15, 0.2) is 12.1 Å². The Bertz CT molecular complexity index is 677. The maximum absolute atomic E-state index is 14.0. The minimum Gasteiger partial charge on any atom is -0.376 e. The molecule has 1 aromatic rings. The molecule has 2 atom stereocenters. The molecule has 1 saturated heterocycles. The lowest BCUT2D eigenvalue weighted by Crippen LogP contribution is -2.56. The minimum atomic E-state index is -1.08. The molecule has 1 heterocycles. The van der Waals surface area contributed by atoms with Crippen molar-refractivity contribution in [3.63, 3.8) is 0 Å². The van der Waals surface area contributed by atoms with E-state index < -0.39 is 17.5 Å². The van der Waals surface area contributed by atoms with Crippen molar-refractivity contribution >= 4 is 5.91 Å². The first-order valence-electron chi connectivity index (χ1n) is 9.66. The lowest BCUT2D eigenvalue weighted by atomic mass is 9.82. The molecular formula is C20H27F3N2O2. The summed E-state index contributed by atoms with van der Waals surface area (Å²) in [6.45, 7) is 2.61. The molecular weight excluding hydrogens is 357 g/mol. The number of hydrogen-bond acceptors (Lipinski definition) is 3. The topological polar surface area (TPSA) is 55.6 Å². The summed E-state index contributed by atoms with van der Waals surface area (Å²) in [5.74, 6) is -3.13. The summed E-state index contributed by atoms with van der Waals surface area (Å²) in [4.78, 5) is 13.6. The largest absolute Gasteiger partial charge is 0.376 e. The maximum atomic E-state index is 14.0. The van der Waals surface area contributed by atoms with E-state index in [-0.39, 0.29) is 35.6 Å². The van der Waals surface area contributed by atoms with Crippen molar-refractivity contribution in [1.29, 1.82) is 0 Å². The van der Waals surface area contributed by atoms with Crippen molar-refractivity contribution in [2.75, 3.05) is 13.2 Å². The van der Waals surface area contributed by atoms with E-state index in [4.69, 9.17) is 10.5 Å². The van der Waals surface area contributed by atoms with Gasteiger partial charge in [0.05, 0.1) is 18.8 Å². The van der Waals surface area contributed by atoms with Gasteiger partial charge in [0.15, 0.2) is 11.6 Å². The van der Waals surface area contributed by atoms with E-state index in [1.54, 1.807) is 11.8 Å². The van der Waals surface area contributed by atoms with Crippen LogP contribution in [0, 0.1) is 17.5 Å². The summed E-state index contributed by atoms with van der Waals surface area (Å²) in [5.41, 5.74) is 6.03. The Kier molecular flexibility index (Phi) is 6.42. The summed E-state index contributed by atoms with van der Waals surface area (Å²) in [7, 11) is 0. The van der Waals surface area contributed by atoms with Gasteiger partial charge in [0, 0.05) is 25.1 Å². The predicted octanol–water partition coefficient (Wildman–Crippen LogP) is 3.48. The molecule has 0 aromatic heterocycles. The standard InChI is InChI=1S/C20H27F3N2O2/c1-12(26)25-10-2-3-17(24)18(25)11-27-14-6-4-13(5-7-14)19-15(21)8-9-16(22)20(19)23/h8-9,13-14,17-18H,2-7,10-11,24H2,1H3/t13?,14?,17?,18-/m0/s1. The molecule has 27 heavy (non-hydrogen) atoms. The molecule has 1 saturated carbocycles. The van der Waals surface area contributed by atoms with Gasteiger partial charge in [-0.05, 0) is 56.6 Å². The number of benzene rings is 1. The summed E-state index contributed by atoms with van der Waals surface area (Å²) >= 11 is 0. The van der Waals surface area contributed by atoms with Gasteiger partial charge in [-0.2, -0.15) is 0 Å². The molecule has 2 aliphatic rings. The van der Waals surface area contributed by atoms with Crippen molar-refractivity contribution in [2.24, 2.45) is 5.73 Å². The number of halogens is 3. The number of nitrogens with two attached hydrogens (primary N) is 1. The number of ether oxygens (including phenoxy) is 1. The summed E-state index contributed by atoms with van der Waals surface area (Å²) in [6, 6.07) is 1.57. The van der Waals surface area contributed by atoms with Crippen LogP contribution in [-0.4, -0.2) is 42.1 Å². The highest BCUT2D eigenvalue weighted by atomic mass is 19.2. The van der Waals surface area contributed by atoms with Crippen molar-refractivity contribution < 1.29 is 22.7 Å². The molecule has 3 rings (SSSR count). The van der Waals surface area contributed by atoms with E-state index in [0.29, 0.717) is 38.8 Å². The molecule has 0 spiro atoms. The van der Waals surface area contributed by atoms with Crippen molar-refractivity contribution in [1.82, 2.24) is 4.90 Å². The summed E-state index contributed by atoms with van der Waals surface area (Å²) in [5, 5.41) is 0. The molecule has 0 bridgehead atoms. The van der Waals surface area contributed by atoms with Gasteiger partial charge in [0.2, 0.25) is 5.91 Å². The maximum Gasteiger partial charge on any atom is 0.219 e. The van der Waals surface area contributed by atoms with E-state index in [2.05, 4.69) is 0 Å². The number of piperidine rings is 1. The first kappa shape index (κ1) is 20.1. The van der Waals surface area contributed by atoms with Crippen LogP contribution < -0.4 is 5.73 Å². The molecule has 2 N–H and O–H groups in total. The van der Waals surface area contributed by atoms with Gasteiger partial charge in [-0.15, -0.1) is 0 Å². The van der Waals surface area contributed by atoms with Crippen LogP contribution in [0.1, 0.15) is 56.9 Å². The average Bonchev–Trinajstić information content (AvgIpc) is 2.65. The van der Waals surface area contributed by atoms with Crippen molar-refractivity contribution in [3.8, 4) is 0 Å². The number of likely N-dealkylation sites (tertiary alicyclic amines) is 1. The fraction of sp³-hybridized carbons (Fsp3) is 0.650. The van der Waals surface area contributed by atoms with Crippen LogP contribution in [0.4, 0.5) is 13.2 Å². The quantitative estimate of drug-likeness (QED) is 0.809. The van der Waals surface area contributed by atoms with Crippen LogP contribution in [-0.2, 0) is 9.53 Å². The molecule has 1 amide bonds. The first-order chi connectivity index (χ1) is 12.9. The zero-order valence-corrected chi connectivity index (χ0v) is 15.6. The normalized spacial score (nSPS) is 29.0. The van der Waals surface area contributed by atoms with E-state index in [9.17, 15) is 18.0 Å². The summed E-state index contributed by atoms with van der Waals surface area (Å²) in [6.07, 6.45) is 4.08. The molecule has 1 aliphatic heterocycles. The van der Waals surface area contributed by atoms with Crippen molar-refractivity contribution in [2.45, 2.75) is 69.6 Å². The monoisotopic (exact) mass is 384 g/mol. The lowest BCUT2D eigenvalue weighted by molar-refractivity contribution is -0.135. The molecule has 1 aromatic carbocycles. The SMILES string of the molecule is CC(=O)N1CCCC(N)[C@@H]1COC1CCC(c2c(F)ccc(F)c2F)CC1. The van der Waals surface area contributed by atoms with E-state index in [0.717, 1.165) is 25.0 Å². The zero-order valence-electron chi connectivity index (χ0n) is 15.6. The second-order valence-electron chi connectivity index (χ2n) is 7.65. The van der Waals surface area contributed by atoms with Crippen LogP contribution in [0.25, 0.3) is 0 Å². The lowest BCUT2D eigenvalue weighted by Gasteiger charge is -2.40. The Balaban J connectivity index is 1.56. The predicted molar refractivity (Wildman–Crippen MR) is 95.6 cm³/mol. The van der Waals surface area contributed by atoms with E-state index >= 15 is 0 Å². The number of carbonyl (C=O) groups is 1. The number of nitrogens with zero attached hydrogens (tertiary/aromatic N) is 1. The van der Waals surface area contributed by atoms with Gasteiger partial charge in [-0.25, -0.2) is 13.2 Å². The third-order valence-corrected chi connectivity index (χ3v) is 5.90. The van der Waals surface area contributed by atoms with Crippen LogP contribution in [0.3, 0.4) is 0 Å². The Hall–Kier alpha value is -1.60. The summed E-state index contributed by atoms with van der Waals surface area (Å²) < 4.78 is 47.4. The molecule has 7 heteroatoms. The van der Waals surface area contributed by atoms with Gasteiger partial charge in [0.25, 0.3) is 0 Å².